The average Bonchev–Trinajstić information content (AvgIpc) is 3.16. The van der Waals surface area contributed by atoms with Crippen LogP contribution in [-0.2, 0) is 21.2 Å². The van der Waals surface area contributed by atoms with Crippen LogP contribution in [0.2, 0.25) is 0 Å². The Morgan fingerprint density at radius 3 is 2.66 bits per heavy atom. The van der Waals surface area contributed by atoms with Crippen LogP contribution in [0.25, 0.3) is 10.2 Å². The number of nitrogens with zero attached hydrogens (tertiary/aromatic N) is 2. The van der Waals surface area contributed by atoms with Gasteiger partial charge in [0, 0.05) is 31.6 Å². The number of nitrogens with one attached hydrogen (secondary N) is 1. The highest BCUT2D eigenvalue weighted by atomic mass is 32.2. The van der Waals surface area contributed by atoms with Gasteiger partial charge in [0.2, 0.25) is 15.9 Å². The van der Waals surface area contributed by atoms with Crippen LogP contribution in [0.3, 0.4) is 0 Å². The van der Waals surface area contributed by atoms with Crippen LogP contribution in [0.5, 0.6) is 0 Å². The Morgan fingerprint density at radius 1 is 1.07 bits per heavy atom. The molecule has 152 valence electrons. The third-order valence-corrected chi connectivity index (χ3v) is 7.97. The number of benzene rings is 2. The lowest BCUT2D eigenvalue weighted by Gasteiger charge is -2.26. The standard InChI is InChI=1S/C21H23N3O3S2/c25-20(11-12-21-23-18-9-2-3-10-19(18)28-21)22-16-7-6-8-17(15-16)29(26,27)24-13-4-1-5-14-24/h2-3,6-10,15H,1,4-5,11-14H2,(H,22,25). The first-order chi connectivity index (χ1) is 14.0. The molecule has 0 atom stereocenters. The number of aromatic nitrogens is 1. The number of thiazole rings is 1. The highest BCUT2D eigenvalue weighted by molar-refractivity contribution is 7.89. The van der Waals surface area contributed by atoms with Crippen molar-refractivity contribution in [1.29, 1.82) is 0 Å². The van der Waals surface area contributed by atoms with Crippen LogP contribution in [0.1, 0.15) is 30.7 Å². The summed E-state index contributed by atoms with van der Waals surface area (Å²) in [6.07, 6.45) is 3.69. The number of para-hydroxylation sites is 1. The van der Waals surface area contributed by atoms with Gasteiger partial charge in [-0.2, -0.15) is 4.31 Å². The molecule has 2 heterocycles. The minimum atomic E-state index is -3.52. The third-order valence-electron chi connectivity index (χ3n) is 4.97. The molecule has 0 unspecified atom stereocenters. The van der Waals surface area contributed by atoms with Gasteiger partial charge < -0.3 is 5.32 Å². The Balaban J connectivity index is 1.40. The van der Waals surface area contributed by atoms with Crippen molar-refractivity contribution in [1.82, 2.24) is 9.29 Å². The molecular weight excluding hydrogens is 406 g/mol. The molecule has 2 aromatic carbocycles. The zero-order valence-corrected chi connectivity index (χ0v) is 17.6. The molecule has 1 N–H and O–H groups in total. The number of piperidine rings is 1. The zero-order chi connectivity index (χ0) is 20.3. The fourth-order valence-electron chi connectivity index (χ4n) is 3.46. The largest absolute Gasteiger partial charge is 0.326 e. The van der Waals surface area contributed by atoms with E-state index in [4.69, 9.17) is 0 Å². The predicted molar refractivity (Wildman–Crippen MR) is 116 cm³/mol. The predicted octanol–water partition coefficient (Wildman–Crippen LogP) is 4.04. The molecule has 29 heavy (non-hydrogen) atoms. The summed E-state index contributed by atoms with van der Waals surface area (Å²) < 4.78 is 28.3. The maximum absolute atomic E-state index is 12.8. The van der Waals surface area contributed by atoms with Crippen LogP contribution >= 0.6 is 11.3 Å². The van der Waals surface area contributed by atoms with Gasteiger partial charge in [0.05, 0.1) is 20.1 Å². The molecular formula is C21H23N3O3S2. The number of aryl methyl sites for hydroxylation is 1. The number of rotatable bonds is 6. The van der Waals surface area contributed by atoms with E-state index < -0.39 is 10.0 Å². The molecule has 3 aromatic rings. The number of anilines is 1. The van der Waals surface area contributed by atoms with Crippen LogP contribution in [0.4, 0.5) is 5.69 Å². The number of amides is 1. The van der Waals surface area contributed by atoms with Gasteiger partial charge in [-0.3, -0.25) is 4.79 Å². The molecule has 6 nitrogen and oxygen atoms in total. The highest BCUT2D eigenvalue weighted by Crippen LogP contribution is 2.24. The van der Waals surface area contributed by atoms with Crippen LogP contribution < -0.4 is 5.32 Å². The molecule has 4 rings (SSSR count). The van der Waals surface area contributed by atoms with Gasteiger partial charge in [-0.15, -0.1) is 11.3 Å². The molecule has 1 aromatic heterocycles. The molecule has 0 bridgehead atoms. The van der Waals surface area contributed by atoms with E-state index in [9.17, 15) is 13.2 Å². The monoisotopic (exact) mass is 429 g/mol. The quantitative estimate of drug-likeness (QED) is 0.641. The van der Waals surface area contributed by atoms with Crippen molar-refractivity contribution in [2.24, 2.45) is 0 Å². The minimum absolute atomic E-state index is 0.156. The first-order valence-corrected chi connectivity index (χ1v) is 12.0. The second-order valence-electron chi connectivity index (χ2n) is 7.12. The Labute approximate surface area is 174 Å². The Bertz CT molecular complexity index is 1090. The average molecular weight is 430 g/mol. The fourth-order valence-corrected chi connectivity index (χ4v) is 5.99. The van der Waals surface area contributed by atoms with Crippen molar-refractivity contribution in [3.8, 4) is 0 Å². The molecule has 0 aliphatic carbocycles. The maximum Gasteiger partial charge on any atom is 0.243 e. The molecule has 0 radical (unpaired) electrons. The molecule has 1 aliphatic rings. The summed E-state index contributed by atoms with van der Waals surface area (Å²) in [4.78, 5) is 17.1. The van der Waals surface area contributed by atoms with Gasteiger partial charge in [-0.05, 0) is 43.2 Å². The molecule has 1 amide bonds. The van der Waals surface area contributed by atoms with Crippen molar-refractivity contribution in [2.45, 2.75) is 37.0 Å². The smallest absolute Gasteiger partial charge is 0.243 e. The van der Waals surface area contributed by atoms with Gasteiger partial charge in [-0.1, -0.05) is 24.6 Å². The Hall–Kier alpha value is -2.29. The zero-order valence-electron chi connectivity index (χ0n) is 16.0. The molecule has 8 heteroatoms. The summed E-state index contributed by atoms with van der Waals surface area (Å²) in [5.74, 6) is -0.156. The van der Waals surface area contributed by atoms with Crippen LogP contribution in [0.15, 0.2) is 53.4 Å². The van der Waals surface area contributed by atoms with Crippen molar-refractivity contribution in [3.63, 3.8) is 0 Å². The van der Waals surface area contributed by atoms with Crippen LogP contribution in [-0.4, -0.2) is 36.7 Å². The van der Waals surface area contributed by atoms with Crippen molar-refractivity contribution in [2.75, 3.05) is 18.4 Å². The normalized spacial score (nSPS) is 15.4. The first kappa shape index (κ1) is 20.0. The highest BCUT2D eigenvalue weighted by Gasteiger charge is 2.26. The van der Waals surface area contributed by atoms with Gasteiger partial charge >= 0.3 is 0 Å². The van der Waals surface area contributed by atoms with Crippen LogP contribution in [0, 0.1) is 0 Å². The Morgan fingerprint density at radius 2 is 1.86 bits per heavy atom. The van der Waals surface area contributed by atoms with E-state index in [-0.39, 0.29) is 10.8 Å². The number of carbonyl (C=O) groups is 1. The van der Waals surface area contributed by atoms with E-state index >= 15 is 0 Å². The SMILES string of the molecule is O=C(CCc1nc2ccccc2s1)Nc1cccc(S(=O)(=O)N2CCCCC2)c1. The van der Waals surface area contributed by atoms with E-state index in [2.05, 4.69) is 10.3 Å². The van der Waals surface area contributed by atoms with E-state index in [0.717, 1.165) is 34.5 Å². The maximum atomic E-state index is 12.8. The fraction of sp³-hybridized carbons (Fsp3) is 0.333. The van der Waals surface area contributed by atoms with Gasteiger partial charge in [0.25, 0.3) is 0 Å². The molecule has 1 aliphatic heterocycles. The lowest BCUT2D eigenvalue weighted by molar-refractivity contribution is -0.116. The van der Waals surface area contributed by atoms with Gasteiger partial charge in [-0.25, -0.2) is 13.4 Å². The first-order valence-electron chi connectivity index (χ1n) is 9.77. The second-order valence-corrected chi connectivity index (χ2v) is 10.2. The molecule has 1 fully saturated rings. The van der Waals surface area contributed by atoms with E-state index in [0.29, 0.717) is 31.6 Å². The van der Waals surface area contributed by atoms with Gasteiger partial charge in [0.1, 0.15) is 0 Å². The van der Waals surface area contributed by atoms with E-state index in [1.807, 2.05) is 24.3 Å². The number of sulfonamides is 1. The number of hydrogen-bond acceptors (Lipinski definition) is 5. The van der Waals surface area contributed by atoms with E-state index in [1.54, 1.807) is 35.6 Å². The summed E-state index contributed by atoms with van der Waals surface area (Å²) in [5, 5.41) is 3.74. The number of carbonyl (C=O) groups excluding carboxylic acids is 1. The second kappa shape index (κ2) is 8.61. The minimum Gasteiger partial charge on any atom is -0.326 e. The number of hydrogen-bond donors (Lipinski definition) is 1. The topological polar surface area (TPSA) is 79.4 Å². The third kappa shape index (κ3) is 4.66. The summed E-state index contributed by atoms with van der Waals surface area (Å²) in [6, 6.07) is 14.4. The van der Waals surface area contributed by atoms with E-state index in [1.165, 1.54) is 4.31 Å². The summed E-state index contributed by atoms with van der Waals surface area (Å²) in [7, 11) is -3.52. The van der Waals surface area contributed by atoms with Crippen molar-refractivity contribution in [3.05, 3.63) is 53.5 Å². The lowest BCUT2D eigenvalue weighted by atomic mass is 10.2. The Kier molecular flexibility index (Phi) is 5.94. The summed E-state index contributed by atoms with van der Waals surface area (Å²) >= 11 is 1.59. The van der Waals surface area contributed by atoms with Crippen molar-refractivity contribution < 1.29 is 13.2 Å². The lowest BCUT2D eigenvalue weighted by Crippen LogP contribution is -2.35. The van der Waals surface area contributed by atoms with Gasteiger partial charge in [0.15, 0.2) is 0 Å². The molecule has 0 spiro atoms. The molecule has 1 saturated heterocycles. The summed E-state index contributed by atoms with van der Waals surface area (Å²) in [6.45, 7) is 1.11. The van der Waals surface area contributed by atoms with Crippen molar-refractivity contribution >= 4 is 43.2 Å². The molecule has 0 saturated carbocycles. The summed E-state index contributed by atoms with van der Waals surface area (Å²) in [5.41, 5.74) is 1.45. The number of fused-ring (bicyclic) bond motifs is 1.